The van der Waals surface area contributed by atoms with Crippen molar-refractivity contribution in [1.82, 2.24) is 15.3 Å². The second-order valence-electron chi connectivity index (χ2n) is 3.33. The van der Waals surface area contributed by atoms with Crippen molar-refractivity contribution in [3.63, 3.8) is 0 Å². The quantitative estimate of drug-likeness (QED) is 0.635. The second kappa shape index (κ2) is 6.62. The number of hydrogen-bond donors (Lipinski definition) is 3. The van der Waals surface area contributed by atoms with Crippen LogP contribution >= 0.6 is 0 Å². The van der Waals surface area contributed by atoms with Crippen LogP contribution in [0.15, 0.2) is 6.20 Å². The van der Waals surface area contributed by atoms with Gasteiger partial charge >= 0.3 is 0 Å². The fourth-order valence-corrected chi connectivity index (χ4v) is 1.15. The topological polar surface area (TPSA) is 78.9 Å². The summed E-state index contributed by atoms with van der Waals surface area (Å²) in [4.78, 5) is 18.3. The minimum absolute atomic E-state index is 0.122. The molecule has 1 aromatic heterocycles. The molecule has 0 saturated heterocycles. The van der Waals surface area contributed by atoms with E-state index >= 15 is 0 Å². The van der Waals surface area contributed by atoms with E-state index in [0.29, 0.717) is 25.6 Å². The third-order valence-electron chi connectivity index (χ3n) is 1.87. The van der Waals surface area contributed by atoms with Gasteiger partial charge in [-0.15, -0.1) is 0 Å². The standard InChI is InChI=1S/C10H16FN5O/c1-3-12-10-15-6-8(11)9(16-10)14-5-4-13-7(2)17/h6H,3-5H2,1-2H3,(H,13,17)(H2,12,14,15,16). The molecule has 0 aliphatic rings. The van der Waals surface area contributed by atoms with Crippen LogP contribution in [0.25, 0.3) is 0 Å². The summed E-state index contributed by atoms with van der Waals surface area (Å²) in [5.41, 5.74) is 0. The Kier molecular flexibility index (Phi) is 5.12. The molecule has 0 bridgehead atoms. The van der Waals surface area contributed by atoms with Gasteiger partial charge in [-0.05, 0) is 6.92 Å². The Bertz CT molecular complexity index is 385. The van der Waals surface area contributed by atoms with Crippen LogP contribution in [0, 0.1) is 5.82 Å². The van der Waals surface area contributed by atoms with E-state index in [-0.39, 0.29) is 11.7 Å². The summed E-state index contributed by atoms with van der Waals surface area (Å²) in [6, 6.07) is 0. The van der Waals surface area contributed by atoms with Gasteiger partial charge in [0.2, 0.25) is 11.9 Å². The Morgan fingerprint density at radius 3 is 2.82 bits per heavy atom. The van der Waals surface area contributed by atoms with Gasteiger partial charge in [0.05, 0.1) is 6.20 Å². The number of amides is 1. The van der Waals surface area contributed by atoms with E-state index in [9.17, 15) is 9.18 Å². The van der Waals surface area contributed by atoms with Crippen molar-refractivity contribution in [2.24, 2.45) is 0 Å². The Morgan fingerprint density at radius 2 is 2.18 bits per heavy atom. The van der Waals surface area contributed by atoms with Crippen molar-refractivity contribution in [2.75, 3.05) is 30.3 Å². The van der Waals surface area contributed by atoms with E-state index in [1.807, 2.05) is 6.92 Å². The Hall–Kier alpha value is -1.92. The smallest absolute Gasteiger partial charge is 0.224 e. The first-order valence-electron chi connectivity index (χ1n) is 5.38. The lowest BCUT2D eigenvalue weighted by Gasteiger charge is -2.08. The highest BCUT2D eigenvalue weighted by atomic mass is 19.1. The summed E-state index contributed by atoms with van der Waals surface area (Å²) in [6.45, 7) is 4.80. The number of carbonyl (C=O) groups excluding carboxylic acids is 1. The minimum Gasteiger partial charge on any atom is -0.366 e. The maximum Gasteiger partial charge on any atom is 0.224 e. The molecule has 1 heterocycles. The number of rotatable bonds is 6. The molecule has 0 aliphatic heterocycles. The molecule has 1 rings (SSSR count). The molecule has 17 heavy (non-hydrogen) atoms. The van der Waals surface area contributed by atoms with Gasteiger partial charge in [-0.25, -0.2) is 9.37 Å². The summed E-state index contributed by atoms with van der Waals surface area (Å²) in [7, 11) is 0. The average Bonchev–Trinajstić information content (AvgIpc) is 2.28. The number of carbonyl (C=O) groups is 1. The van der Waals surface area contributed by atoms with E-state index in [0.717, 1.165) is 6.20 Å². The van der Waals surface area contributed by atoms with E-state index in [4.69, 9.17) is 0 Å². The van der Waals surface area contributed by atoms with E-state index in [1.165, 1.54) is 6.92 Å². The van der Waals surface area contributed by atoms with Gasteiger partial charge in [0, 0.05) is 26.6 Å². The number of anilines is 2. The molecule has 3 N–H and O–H groups in total. The molecule has 1 amide bonds. The Balaban J connectivity index is 2.51. The summed E-state index contributed by atoms with van der Waals surface area (Å²) in [6.07, 6.45) is 1.10. The zero-order valence-electron chi connectivity index (χ0n) is 9.88. The third-order valence-corrected chi connectivity index (χ3v) is 1.87. The fraction of sp³-hybridized carbons (Fsp3) is 0.500. The Labute approximate surface area is 99.0 Å². The number of aromatic nitrogens is 2. The molecule has 1 aromatic rings. The zero-order chi connectivity index (χ0) is 12.7. The van der Waals surface area contributed by atoms with Gasteiger partial charge in [-0.1, -0.05) is 0 Å². The normalized spacial score (nSPS) is 9.82. The third kappa shape index (κ3) is 4.62. The maximum absolute atomic E-state index is 13.3. The molecule has 0 unspecified atom stereocenters. The minimum atomic E-state index is -0.519. The first kappa shape index (κ1) is 13.1. The van der Waals surface area contributed by atoms with Crippen molar-refractivity contribution < 1.29 is 9.18 Å². The van der Waals surface area contributed by atoms with Crippen LogP contribution in [0.5, 0.6) is 0 Å². The molecule has 7 heteroatoms. The molecule has 0 aromatic carbocycles. The molecule has 0 fully saturated rings. The first-order chi connectivity index (χ1) is 8.13. The number of nitrogens with zero attached hydrogens (tertiary/aromatic N) is 2. The van der Waals surface area contributed by atoms with Crippen LogP contribution in [-0.4, -0.2) is 35.5 Å². The fourth-order valence-electron chi connectivity index (χ4n) is 1.15. The molecule has 0 aliphatic carbocycles. The highest BCUT2D eigenvalue weighted by Crippen LogP contribution is 2.10. The van der Waals surface area contributed by atoms with Crippen molar-refractivity contribution in [3.05, 3.63) is 12.0 Å². The lowest BCUT2D eigenvalue weighted by Crippen LogP contribution is -2.26. The van der Waals surface area contributed by atoms with Gasteiger partial charge in [-0.3, -0.25) is 4.79 Å². The predicted octanol–water partition coefficient (Wildman–Crippen LogP) is 0.595. The molecular formula is C10H16FN5O. The number of hydrogen-bond acceptors (Lipinski definition) is 5. The van der Waals surface area contributed by atoms with Crippen LogP contribution in [0.4, 0.5) is 16.2 Å². The van der Waals surface area contributed by atoms with Crippen LogP contribution in [0.2, 0.25) is 0 Å². The van der Waals surface area contributed by atoms with Crippen LogP contribution < -0.4 is 16.0 Å². The maximum atomic E-state index is 13.3. The van der Waals surface area contributed by atoms with Crippen LogP contribution in [0.1, 0.15) is 13.8 Å². The molecule has 0 spiro atoms. The van der Waals surface area contributed by atoms with Gasteiger partial charge in [0.25, 0.3) is 0 Å². The average molecular weight is 241 g/mol. The number of nitrogens with one attached hydrogen (secondary N) is 3. The highest BCUT2D eigenvalue weighted by molar-refractivity contribution is 5.72. The molecule has 0 radical (unpaired) electrons. The summed E-state index contributed by atoms with van der Waals surface area (Å²) >= 11 is 0. The molecule has 94 valence electrons. The lowest BCUT2D eigenvalue weighted by atomic mass is 10.5. The van der Waals surface area contributed by atoms with Gasteiger partial charge in [-0.2, -0.15) is 4.98 Å². The largest absolute Gasteiger partial charge is 0.366 e. The Morgan fingerprint density at radius 1 is 1.41 bits per heavy atom. The lowest BCUT2D eigenvalue weighted by molar-refractivity contribution is -0.118. The van der Waals surface area contributed by atoms with Crippen molar-refractivity contribution in [2.45, 2.75) is 13.8 Å². The van der Waals surface area contributed by atoms with E-state index in [2.05, 4.69) is 25.9 Å². The number of halogens is 1. The van der Waals surface area contributed by atoms with Crippen LogP contribution in [0.3, 0.4) is 0 Å². The second-order valence-corrected chi connectivity index (χ2v) is 3.33. The van der Waals surface area contributed by atoms with Crippen molar-refractivity contribution >= 4 is 17.7 Å². The predicted molar refractivity (Wildman–Crippen MR) is 63.3 cm³/mol. The first-order valence-corrected chi connectivity index (χ1v) is 5.38. The molecular weight excluding hydrogens is 225 g/mol. The van der Waals surface area contributed by atoms with Gasteiger partial charge < -0.3 is 16.0 Å². The summed E-state index contributed by atoms with van der Waals surface area (Å²) < 4.78 is 13.3. The van der Waals surface area contributed by atoms with E-state index < -0.39 is 5.82 Å². The summed E-state index contributed by atoms with van der Waals surface area (Å²) in [5, 5.41) is 8.26. The monoisotopic (exact) mass is 241 g/mol. The van der Waals surface area contributed by atoms with Crippen molar-refractivity contribution in [1.29, 1.82) is 0 Å². The van der Waals surface area contributed by atoms with E-state index in [1.54, 1.807) is 0 Å². The zero-order valence-corrected chi connectivity index (χ0v) is 9.88. The van der Waals surface area contributed by atoms with Crippen molar-refractivity contribution in [3.8, 4) is 0 Å². The molecule has 0 saturated carbocycles. The SMILES string of the molecule is CCNc1ncc(F)c(NCCNC(C)=O)n1. The highest BCUT2D eigenvalue weighted by Gasteiger charge is 2.05. The van der Waals surface area contributed by atoms with Gasteiger partial charge in [0.15, 0.2) is 11.6 Å². The van der Waals surface area contributed by atoms with Gasteiger partial charge in [0.1, 0.15) is 0 Å². The summed E-state index contributed by atoms with van der Waals surface area (Å²) in [5.74, 6) is -0.144. The van der Waals surface area contributed by atoms with Crippen LogP contribution in [-0.2, 0) is 4.79 Å². The molecule has 6 nitrogen and oxygen atoms in total. The molecule has 0 atom stereocenters.